The quantitative estimate of drug-likeness (QED) is 0.839. The fourth-order valence-corrected chi connectivity index (χ4v) is 3.30. The predicted octanol–water partition coefficient (Wildman–Crippen LogP) is 2.13. The summed E-state index contributed by atoms with van der Waals surface area (Å²) >= 11 is 3.16. The maximum absolute atomic E-state index is 12.1. The Bertz CT molecular complexity index is 681. The normalized spacial score (nSPS) is 11.4. The Morgan fingerprint density at radius 2 is 2.11 bits per heavy atom. The molecule has 0 aliphatic heterocycles. The maximum Gasteiger partial charge on any atom is 0.265 e. The summed E-state index contributed by atoms with van der Waals surface area (Å²) in [5.41, 5.74) is 6.51. The number of anilines is 2. The van der Waals surface area contributed by atoms with Gasteiger partial charge in [-0.15, -0.1) is 0 Å². The molecule has 0 fully saturated rings. The fraction of sp³-hybridized carbons (Fsp3) is 0.100. The zero-order valence-electron chi connectivity index (χ0n) is 9.34. The first-order valence-corrected chi connectivity index (χ1v) is 7.17. The molecule has 0 saturated heterocycles. The molecule has 0 unspecified atom stereocenters. The van der Waals surface area contributed by atoms with Crippen LogP contribution in [0.3, 0.4) is 0 Å². The number of rotatable bonds is 3. The highest BCUT2D eigenvalue weighted by molar-refractivity contribution is 9.10. The Balaban J connectivity index is 2.39. The van der Waals surface area contributed by atoms with Crippen LogP contribution in [0.4, 0.5) is 11.6 Å². The lowest BCUT2D eigenvalue weighted by molar-refractivity contribution is 0.430. The lowest BCUT2D eigenvalue weighted by Crippen LogP contribution is -2.13. The number of aryl methyl sites for hydroxylation is 1. The van der Waals surface area contributed by atoms with Crippen molar-refractivity contribution in [3.05, 3.63) is 34.4 Å². The third kappa shape index (κ3) is 2.65. The first-order chi connectivity index (χ1) is 8.38. The number of hydrogen-bond donors (Lipinski definition) is 2. The molecule has 2 aromatic rings. The second kappa shape index (κ2) is 4.62. The molecule has 0 saturated carbocycles. The molecular formula is C10H10BrN3O3S. The summed E-state index contributed by atoms with van der Waals surface area (Å²) in [4.78, 5) is 0.0385. The van der Waals surface area contributed by atoms with Gasteiger partial charge in [-0.1, -0.05) is 5.16 Å². The average molecular weight is 332 g/mol. The predicted molar refractivity (Wildman–Crippen MR) is 70.6 cm³/mol. The van der Waals surface area contributed by atoms with E-state index in [1.54, 1.807) is 19.1 Å². The zero-order valence-corrected chi connectivity index (χ0v) is 11.7. The van der Waals surface area contributed by atoms with Crippen molar-refractivity contribution in [1.29, 1.82) is 0 Å². The lowest BCUT2D eigenvalue weighted by atomic mass is 10.3. The van der Waals surface area contributed by atoms with Crippen molar-refractivity contribution in [2.45, 2.75) is 11.8 Å². The zero-order chi connectivity index (χ0) is 13.3. The summed E-state index contributed by atoms with van der Waals surface area (Å²) in [6.45, 7) is 1.69. The summed E-state index contributed by atoms with van der Waals surface area (Å²) in [5, 5.41) is 3.60. The maximum atomic E-state index is 12.1. The van der Waals surface area contributed by atoms with E-state index in [4.69, 9.17) is 10.3 Å². The van der Waals surface area contributed by atoms with Gasteiger partial charge in [-0.2, -0.15) is 0 Å². The summed E-state index contributed by atoms with van der Waals surface area (Å²) in [7, 11) is -3.76. The third-order valence-electron chi connectivity index (χ3n) is 2.11. The van der Waals surface area contributed by atoms with Gasteiger partial charge in [-0.05, 0) is 41.1 Å². The fourth-order valence-electron chi connectivity index (χ4n) is 1.32. The number of nitrogens with two attached hydrogens (primary N) is 1. The Kier molecular flexibility index (Phi) is 3.31. The van der Waals surface area contributed by atoms with Crippen LogP contribution in [-0.2, 0) is 10.0 Å². The van der Waals surface area contributed by atoms with Crippen LogP contribution in [0.5, 0.6) is 0 Å². The molecule has 1 aromatic heterocycles. The van der Waals surface area contributed by atoms with Crippen molar-refractivity contribution in [2.24, 2.45) is 0 Å². The van der Waals surface area contributed by atoms with E-state index in [9.17, 15) is 8.42 Å². The number of benzene rings is 1. The molecule has 0 amide bonds. The lowest BCUT2D eigenvalue weighted by Gasteiger charge is -2.07. The molecular weight excluding hydrogens is 322 g/mol. The van der Waals surface area contributed by atoms with Crippen LogP contribution >= 0.6 is 15.9 Å². The molecule has 6 nitrogen and oxygen atoms in total. The number of sulfonamides is 1. The number of nitrogens with zero attached hydrogens (tertiary/aromatic N) is 1. The minimum atomic E-state index is -3.76. The van der Waals surface area contributed by atoms with Crippen LogP contribution < -0.4 is 10.5 Å². The van der Waals surface area contributed by atoms with Crippen molar-refractivity contribution in [3.63, 3.8) is 0 Å². The van der Waals surface area contributed by atoms with Gasteiger partial charge in [0, 0.05) is 16.2 Å². The van der Waals surface area contributed by atoms with Gasteiger partial charge in [0.1, 0.15) is 4.90 Å². The van der Waals surface area contributed by atoms with E-state index in [2.05, 4.69) is 25.8 Å². The SMILES string of the molecule is Cc1cc(NS(=O)(=O)c2cc(N)ccc2Br)on1. The van der Waals surface area contributed by atoms with E-state index in [1.807, 2.05) is 0 Å². The topological polar surface area (TPSA) is 98.2 Å². The Morgan fingerprint density at radius 3 is 2.72 bits per heavy atom. The van der Waals surface area contributed by atoms with Gasteiger partial charge in [0.05, 0.1) is 5.69 Å². The smallest absolute Gasteiger partial charge is 0.265 e. The van der Waals surface area contributed by atoms with E-state index in [0.717, 1.165) is 0 Å². The van der Waals surface area contributed by atoms with Crippen LogP contribution in [0.2, 0.25) is 0 Å². The van der Waals surface area contributed by atoms with Crippen LogP contribution in [0.25, 0.3) is 0 Å². The van der Waals surface area contributed by atoms with Crippen LogP contribution in [-0.4, -0.2) is 13.6 Å². The highest BCUT2D eigenvalue weighted by atomic mass is 79.9. The van der Waals surface area contributed by atoms with Gasteiger partial charge in [0.2, 0.25) is 5.88 Å². The molecule has 1 aromatic carbocycles. The Hall–Kier alpha value is -1.54. The molecule has 18 heavy (non-hydrogen) atoms. The van der Waals surface area contributed by atoms with Gasteiger partial charge in [0.25, 0.3) is 10.0 Å². The number of hydrogen-bond acceptors (Lipinski definition) is 5. The molecule has 0 aliphatic rings. The second-order valence-electron chi connectivity index (χ2n) is 3.63. The molecule has 8 heteroatoms. The van der Waals surface area contributed by atoms with Gasteiger partial charge < -0.3 is 10.3 Å². The summed E-state index contributed by atoms with van der Waals surface area (Å²) in [5.74, 6) is 0.0572. The number of nitrogens with one attached hydrogen (secondary N) is 1. The molecule has 96 valence electrons. The minimum absolute atomic E-state index is 0.0385. The van der Waals surface area contributed by atoms with Gasteiger partial charge in [-0.3, -0.25) is 0 Å². The van der Waals surface area contributed by atoms with Gasteiger partial charge in [-0.25, -0.2) is 13.1 Å². The Labute approximate surface area is 112 Å². The summed E-state index contributed by atoms with van der Waals surface area (Å²) in [6.07, 6.45) is 0. The Morgan fingerprint density at radius 1 is 1.39 bits per heavy atom. The third-order valence-corrected chi connectivity index (χ3v) is 4.45. The van der Waals surface area contributed by atoms with Gasteiger partial charge >= 0.3 is 0 Å². The van der Waals surface area contributed by atoms with Crippen molar-refractivity contribution in [2.75, 3.05) is 10.5 Å². The van der Waals surface area contributed by atoms with Crippen molar-refractivity contribution >= 4 is 37.5 Å². The molecule has 2 rings (SSSR count). The van der Waals surface area contributed by atoms with Crippen molar-refractivity contribution in [1.82, 2.24) is 5.16 Å². The highest BCUT2D eigenvalue weighted by Crippen LogP contribution is 2.26. The molecule has 0 spiro atoms. The van der Waals surface area contributed by atoms with E-state index in [-0.39, 0.29) is 10.8 Å². The highest BCUT2D eigenvalue weighted by Gasteiger charge is 2.19. The second-order valence-corrected chi connectivity index (χ2v) is 6.13. The van der Waals surface area contributed by atoms with Gasteiger partial charge in [0.15, 0.2) is 0 Å². The molecule has 0 atom stereocenters. The van der Waals surface area contributed by atoms with E-state index >= 15 is 0 Å². The van der Waals surface area contributed by atoms with Crippen LogP contribution in [0, 0.1) is 6.92 Å². The average Bonchev–Trinajstić information content (AvgIpc) is 2.66. The summed E-state index contributed by atoms with van der Waals surface area (Å²) < 4.78 is 31.7. The molecule has 0 bridgehead atoms. The van der Waals surface area contributed by atoms with E-state index in [1.165, 1.54) is 12.1 Å². The van der Waals surface area contributed by atoms with Crippen LogP contribution in [0.1, 0.15) is 5.69 Å². The van der Waals surface area contributed by atoms with E-state index in [0.29, 0.717) is 15.9 Å². The molecule has 0 aliphatic carbocycles. The molecule has 0 radical (unpaired) electrons. The molecule has 3 N–H and O–H groups in total. The summed E-state index contributed by atoms with van der Waals surface area (Å²) in [6, 6.07) is 6.00. The van der Waals surface area contributed by atoms with Crippen molar-refractivity contribution in [3.8, 4) is 0 Å². The largest absolute Gasteiger partial charge is 0.399 e. The first kappa shape index (κ1) is 12.9. The minimum Gasteiger partial charge on any atom is -0.399 e. The van der Waals surface area contributed by atoms with Crippen LogP contribution in [0.15, 0.2) is 38.2 Å². The number of nitrogen functional groups attached to an aromatic ring is 1. The monoisotopic (exact) mass is 331 g/mol. The standard InChI is InChI=1S/C10H10BrN3O3S/c1-6-4-10(17-13-6)14-18(15,16)9-5-7(12)2-3-8(9)11/h2-5,14H,12H2,1H3. The van der Waals surface area contributed by atoms with E-state index < -0.39 is 10.0 Å². The van der Waals surface area contributed by atoms with Crippen molar-refractivity contribution < 1.29 is 12.9 Å². The number of aromatic nitrogens is 1. The molecule has 1 heterocycles. The number of halogens is 1. The first-order valence-electron chi connectivity index (χ1n) is 4.89.